The minimum Gasteiger partial charge on any atom is -0.489 e. The predicted molar refractivity (Wildman–Crippen MR) is 98.1 cm³/mol. The summed E-state index contributed by atoms with van der Waals surface area (Å²) in [5.41, 5.74) is 2.23. The molecule has 3 rings (SSSR count). The van der Waals surface area contributed by atoms with Crippen molar-refractivity contribution in [2.24, 2.45) is 0 Å². The number of nitrogens with zero attached hydrogens (tertiary/aromatic N) is 2. The van der Waals surface area contributed by atoms with Crippen molar-refractivity contribution in [3.05, 3.63) is 76.6 Å². The van der Waals surface area contributed by atoms with E-state index in [9.17, 15) is 0 Å². The summed E-state index contributed by atoms with van der Waals surface area (Å²) in [7, 11) is 0. The van der Waals surface area contributed by atoms with E-state index >= 15 is 0 Å². The first-order valence-electron chi connectivity index (χ1n) is 7.86. The van der Waals surface area contributed by atoms with Gasteiger partial charge in [-0.25, -0.2) is 4.98 Å². The Morgan fingerprint density at radius 1 is 1.17 bits per heavy atom. The summed E-state index contributed by atoms with van der Waals surface area (Å²) < 4.78 is 12.5. The second kappa shape index (κ2) is 8.02. The summed E-state index contributed by atoms with van der Waals surface area (Å²) >= 11 is 3.54. The highest BCUT2D eigenvalue weighted by atomic mass is 79.9. The van der Waals surface area contributed by atoms with E-state index in [0.717, 1.165) is 27.9 Å². The number of hydrogen-bond donors (Lipinski definition) is 0. The van der Waals surface area contributed by atoms with E-state index in [1.807, 2.05) is 30.3 Å². The van der Waals surface area contributed by atoms with Crippen molar-refractivity contribution in [1.82, 2.24) is 4.98 Å². The molecular formula is C19H19BrN2O2. The fourth-order valence-electron chi connectivity index (χ4n) is 2.44. The van der Waals surface area contributed by atoms with Crippen molar-refractivity contribution >= 4 is 21.9 Å². The van der Waals surface area contributed by atoms with E-state index in [1.54, 1.807) is 12.5 Å². The van der Waals surface area contributed by atoms with Crippen LogP contribution in [0.2, 0.25) is 0 Å². The van der Waals surface area contributed by atoms with E-state index in [-0.39, 0.29) is 0 Å². The fourth-order valence-corrected chi connectivity index (χ4v) is 2.85. The second-order valence-corrected chi connectivity index (χ2v) is 6.27. The molecule has 0 bridgehead atoms. The molecule has 1 aromatic heterocycles. The van der Waals surface area contributed by atoms with E-state index in [1.165, 1.54) is 0 Å². The summed E-state index contributed by atoms with van der Waals surface area (Å²) in [5, 5.41) is 0. The Bertz CT molecular complexity index is 760. The minimum atomic E-state index is 0.542. The lowest BCUT2D eigenvalue weighted by molar-refractivity contribution is 0.302. The van der Waals surface area contributed by atoms with E-state index in [2.05, 4.69) is 50.9 Å². The van der Waals surface area contributed by atoms with Crippen molar-refractivity contribution in [1.29, 1.82) is 0 Å². The highest BCUT2D eigenvalue weighted by Gasteiger charge is 2.13. The zero-order chi connectivity index (χ0) is 16.8. The number of aromatic nitrogens is 1. The lowest BCUT2D eigenvalue weighted by Crippen LogP contribution is -2.22. The topological polar surface area (TPSA) is 38.5 Å². The number of benzene rings is 2. The lowest BCUT2D eigenvalue weighted by atomic mass is 10.2. The molecule has 124 valence electrons. The molecule has 1 heterocycles. The Labute approximate surface area is 150 Å². The molecule has 0 spiro atoms. The average Bonchev–Trinajstić information content (AvgIpc) is 3.14. The van der Waals surface area contributed by atoms with E-state index in [4.69, 9.17) is 9.15 Å². The second-order valence-electron chi connectivity index (χ2n) is 5.36. The third-order valence-corrected chi connectivity index (χ3v) is 4.19. The molecule has 5 heteroatoms. The number of ether oxygens (including phenoxy) is 1. The Balaban J connectivity index is 1.77. The quantitative estimate of drug-likeness (QED) is 0.569. The molecule has 0 radical (unpaired) electrons. The molecule has 2 aromatic carbocycles. The molecule has 0 aliphatic rings. The van der Waals surface area contributed by atoms with Crippen LogP contribution in [0.4, 0.5) is 6.01 Å². The van der Waals surface area contributed by atoms with Crippen LogP contribution in [0.25, 0.3) is 0 Å². The zero-order valence-corrected chi connectivity index (χ0v) is 15.1. The first-order valence-corrected chi connectivity index (χ1v) is 8.65. The van der Waals surface area contributed by atoms with Gasteiger partial charge in [-0.2, -0.15) is 0 Å². The van der Waals surface area contributed by atoms with Crippen molar-refractivity contribution in [3.63, 3.8) is 0 Å². The third-order valence-electron chi connectivity index (χ3n) is 3.69. The molecule has 0 fully saturated rings. The van der Waals surface area contributed by atoms with Gasteiger partial charge in [0.1, 0.15) is 18.6 Å². The number of anilines is 1. The van der Waals surface area contributed by atoms with Gasteiger partial charge in [0.2, 0.25) is 0 Å². The number of rotatable bonds is 7. The number of hydrogen-bond acceptors (Lipinski definition) is 4. The molecule has 0 saturated heterocycles. The van der Waals surface area contributed by atoms with Gasteiger partial charge in [-0.05, 0) is 30.7 Å². The van der Waals surface area contributed by atoms with Crippen LogP contribution < -0.4 is 9.64 Å². The van der Waals surface area contributed by atoms with Gasteiger partial charge in [-0.15, -0.1) is 0 Å². The smallest absolute Gasteiger partial charge is 0.297 e. The van der Waals surface area contributed by atoms with Crippen LogP contribution in [0, 0.1) is 0 Å². The molecule has 4 nitrogen and oxygen atoms in total. The van der Waals surface area contributed by atoms with Crippen LogP contribution in [0.5, 0.6) is 5.75 Å². The Kier molecular flexibility index (Phi) is 5.54. The van der Waals surface area contributed by atoms with Crippen molar-refractivity contribution in [2.45, 2.75) is 20.1 Å². The van der Waals surface area contributed by atoms with Gasteiger partial charge in [0.25, 0.3) is 6.01 Å². The standard InChI is InChI=1S/C19H19BrN2O2/c1-2-22(19-21-10-11-23-19)13-16-12-17(20)8-9-18(16)24-14-15-6-4-3-5-7-15/h3-12H,2,13-14H2,1H3. The van der Waals surface area contributed by atoms with Gasteiger partial charge in [-0.3, -0.25) is 0 Å². The van der Waals surface area contributed by atoms with Crippen LogP contribution in [-0.4, -0.2) is 11.5 Å². The summed E-state index contributed by atoms with van der Waals surface area (Å²) in [5.74, 6) is 0.868. The molecule has 0 aliphatic heterocycles. The van der Waals surface area contributed by atoms with Gasteiger partial charge in [-0.1, -0.05) is 46.3 Å². The van der Waals surface area contributed by atoms with Crippen molar-refractivity contribution in [2.75, 3.05) is 11.4 Å². The minimum absolute atomic E-state index is 0.542. The highest BCUT2D eigenvalue weighted by Crippen LogP contribution is 2.27. The average molecular weight is 387 g/mol. The lowest BCUT2D eigenvalue weighted by Gasteiger charge is -2.20. The molecule has 0 unspecified atom stereocenters. The zero-order valence-electron chi connectivity index (χ0n) is 13.5. The molecule has 0 saturated carbocycles. The Hall–Kier alpha value is -2.27. The number of oxazole rings is 1. The van der Waals surface area contributed by atoms with Gasteiger partial charge in [0, 0.05) is 16.6 Å². The summed E-state index contributed by atoms with van der Waals surface area (Å²) in [6.45, 7) is 4.08. The van der Waals surface area contributed by atoms with Crippen molar-refractivity contribution < 1.29 is 9.15 Å². The molecule has 0 N–H and O–H groups in total. The maximum absolute atomic E-state index is 6.04. The Morgan fingerprint density at radius 3 is 2.71 bits per heavy atom. The molecule has 3 aromatic rings. The Morgan fingerprint density at radius 2 is 2.00 bits per heavy atom. The maximum atomic E-state index is 6.04. The van der Waals surface area contributed by atoms with E-state index < -0.39 is 0 Å². The van der Waals surface area contributed by atoms with Crippen LogP contribution in [0.1, 0.15) is 18.1 Å². The van der Waals surface area contributed by atoms with Crippen LogP contribution in [-0.2, 0) is 13.2 Å². The fraction of sp³-hybridized carbons (Fsp3) is 0.211. The summed E-state index contributed by atoms with van der Waals surface area (Å²) in [4.78, 5) is 6.30. The third kappa shape index (κ3) is 4.17. The van der Waals surface area contributed by atoms with Gasteiger partial charge < -0.3 is 14.1 Å². The summed E-state index contributed by atoms with van der Waals surface area (Å²) in [6.07, 6.45) is 3.25. The molecular weight excluding hydrogens is 368 g/mol. The highest BCUT2D eigenvalue weighted by molar-refractivity contribution is 9.10. The van der Waals surface area contributed by atoms with Crippen LogP contribution in [0.3, 0.4) is 0 Å². The van der Waals surface area contributed by atoms with E-state index in [0.29, 0.717) is 19.2 Å². The van der Waals surface area contributed by atoms with Gasteiger partial charge >= 0.3 is 0 Å². The molecule has 0 atom stereocenters. The largest absolute Gasteiger partial charge is 0.489 e. The predicted octanol–water partition coefficient (Wildman–Crippen LogP) is 5.04. The molecule has 24 heavy (non-hydrogen) atoms. The van der Waals surface area contributed by atoms with Crippen molar-refractivity contribution in [3.8, 4) is 5.75 Å². The summed E-state index contributed by atoms with van der Waals surface area (Å²) in [6, 6.07) is 16.8. The monoisotopic (exact) mass is 386 g/mol. The first-order chi connectivity index (χ1) is 11.8. The van der Waals surface area contributed by atoms with Gasteiger partial charge in [0.15, 0.2) is 0 Å². The first kappa shape index (κ1) is 16.6. The molecule has 0 amide bonds. The van der Waals surface area contributed by atoms with Gasteiger partial charge in [0.05, 0.1) is 12.7 Å². The van der Waals surface area contributed by atoms with Crippen LogP contribution >= 0.6 is 15.9 Å². The maximum Gasteiger partial charge on any atom is 0.297 e. The molecule has 0 aliphatic carbocycles. The SMILES string of the molecule is CCN(Cc1cc(Br)ccc1OCc1ccccc1)c1ncco1. The number of halogens is 1. The normalized spacial score (nSPS) is 10.6. The van der Waals surface area contributed by atoms with Crippen LogP contribution in [0.15, 0.2) is 69.9 Å².